The quantitative estimate of drug-likeness (QED) is 0.577. The molecule has 0 spiro atoms. The lowest BCUT2D eigenvalue weighted by Crippen LogP contribution is -2.47. The second-order valence-electron chi connectivity index (χ2n) is 8.91. The second kappa shape index (κ2) is 8.21. The maximum Gasteiger partial charge on any atom is 0.161 e. The molecule has 3 atom stereocenters. The molecule has 1 fully saturated rings. The van der Waals surface area contributed by atoms with Gasteiger partial charge in [0.05, 0.1) is 19.9 Å². The summed E-state index contributed by atoms with van der Waals surface area (Å²) in [5.41, 5.74) is 6.45. The van der Waals surface area contributed by atoms with Gasteiger partial charge in [-0.1, -0.05) is 30.5 Å². The number of aromatic amines is 1. The summed E-state index contributed by atoms with van der Waals surface area (Å²) in [6.45, 7) is 2.99. The van der Waals surface area contributed by atoms with E-state index in [2.05, 4.69) is 47.1 Å². The average Bonchev–Trinajstić information content (AvgIpc) is 3.17. The third-order valence-corrected chi connectivity index (χ3v) is 7.14. The topological polar surface area (TPSA) is 46.7 Å². The van der Waals surface area contributed by atoms with E-state index >= 15 is 0 Å². The Morgan fingerprint density at radius 1 is 0.968 bits per heavy atom. The molecule has 164 valence electrons. The highest BCUT2D eigenvalue weighted by molar-refractivity contribution is 5.86. The zero-order chi connectivity index (χ0) is 21.5. The van der Waals surface area contributed by atoms with Crippen LogP contribution >= 0.6 is 0 Å². The number of benzene rings is 2. The number of H-pyrrole nitrogens is 1. The highest BCUT2D eigenvalue weighted by Gasteiger charge is 2.44. The number of aromatic nitrogens is 1. The fourth-order valence-electron chi connectivity index (χ4n) is 5.77. The van der Waals surface area contributed by atoms with Crippen LogP contribution in [-0.2, 0) is 11.3 Å². The number of nitrogens with zero attached hydrogens (tertiary/aromatic N) is 1. The Bertz CT molecular complexity index is 1090. The zero-order valence-electron chi connectivity index (χ0n) is 18.9. The molecule has 1 N–H and O–H groups in total. The molecule has 5 nitrogen and oxygen atoms in total. The highest BCUT2D eigenvalue weighted by Crippen LogP contribution is 2.50. The second-order valence-corrected chi connectivity index (χ2v) is 8.91. The van der Waals surface area contributed by atoms with Crippen LogP contribution < -0.4 is 9.47 Å². The van der Waals surface area contributed by atoms with Crippen LogP contribution in [0.1, 0.15) is 60.2 Å². The lowest BCUT2D eigenvalue weighted by Gasteiger charge is -2.47. The monoisotopic (exact) mass is 420 g/mol. The number of ether oxygens (including phenoxy) is 3. The van der Waals surface area contributed by atoms with Crippen LogP contribution in [0.5, 0.6) is 11.5 Å². The zero-order valence-corrected chi connectivity index (χ0v) is 18.9. The van der Waals surface area contributed by atoms with Gasteiger partial charge in [0.15, 0.2) is 17.7 Å². The molecule has 1 aliphatic heterocycles. The first-order valence-electron chi connectivity index (χ1n) is 11.3. The molecule has 1 aliphatic carbocycles. The molecule has 0 amide bonds. The Balaban J connectivity index is 1.59. The van der Waals surface area contributed by atoms with E-state index in [0.717, 1.165) is 18.0 Å². The van der Waals surface area contributed by atoms with Gasteiger partial charge in [-0.25, -0.2) is 0 Å². The van der Waals surface area contributed by atoms with Crippen molar-refractivity contribution in [3.8, 4) is 11.5 Å². The maximum absolute atomic E-state index is 6.15. The lowest BCUT2D eigenvalue weighted by atomic mass is 9.75. The van der Waals surface area contributed by atoms with Gasteiger partial charge in [0.25, 0.3) is 0 Å². The summed E-state index contributed by atoms with van der Waals surface area (Å²) in [6.07, 6.45) is 4.92. The van der Waals surface area contributed by atoms with Gasteiger partial charge in [0.2, 0.25) is 0 Å². The van der Waals surface area contributed by atoms with Gasteiger partial charge in [-0.15, -0.1) is 0 Å². The number of nitrogens with one attached hydrogen (secondary N) is 1. The molecular weight excluding hydrogens is 388 g/mol. The van der Waals surface area contributed by atoms with Crippen LogP contribution in [0.4, 0.5) is 0 Å². The molecule has 2 heterocycles. The standard InChI is InChI=1S/C26H32N2O3/c1-16-9-11-20-19(13-16)24-18-7-5-6-8-21(18)28(26(31-4)25(24)27-20)15-17-10-12-22(29-2)23(14-17)30-3/h9-14,18,21,26-27H,5-8,15H2,1-4H3. The molecular formula is C26H32N2O3. The minimum Gasteiger partial charge on any atom is -0.493 e. The average molecular weight is 421 g/mol. The largest absolute Gasteiger partial charge is 0.493 e. The van der Waals surface area contributed by atoms with Gasteiger partial charge in [-0.05, 0) is 55.2 Å². The molecule has 1 aromatic heterocycles. The van der Waals surface area contributed by atoms with Gasteiger partial charge < -0.3 is 19.2 Å². The molecule has 2 aliphatic rings. The Hall–Kier alpha value is -2.50. The fraction of sp³-hybridized carbons (Fsp3) is 0.462. The van der Waals surface area contributed by atoms with Crippen LogP contribution in [0.25, 0.3) is 10.9 Å². The highest BCUT2D eigenvalue weighted by atomic mass is 16.5. The van der Waals surface area contributed by atoms with E-state index in [4.69, 9.17) is 14.2 Å². The Morgan fingerprint density at radius 3 is 2.55 bits per heavy atom. The van der Waals surface area contributed by atoms with E-state index < -0.39 is 0 Å². The van der Waals surface area contributed by atoms with Gasteiger partial charge in [-0.3, -0.25) is 4.90 Å². The van der Waals surface area contributed by atoms with Crippen LogP contribution in [0.15, 0.2) is 36.4 Å². The minimum atomic E-state index is -0.0878. The van der Waals surface area contributed by atoms with E-state index in [0.29, 0.717) is 12.0 Å². The molecule has 5 rings (SSSR count). The van der Waals surface area contributed by atoms with Crippen molar-refractivity contribution in [2.24, 2.45) is 0 Å². The number of methoxy groups -OCH3 is 3. The number of hydrogen-bond acceptors (Lipinski definition) is 4. The third-order valence-electron chi connectivity index (χ3n) is 7.14. The SMILES string of the molecule is COc1ccc(CN2C(OC)c3[nH]c4ccc(C)cc4c3C3CCCCC32)cc1OC. The Morgan fingerprint density at radius 2 is 1.77 bits per heavy atom. The summed E-state index contributed by atoms with van der Waals surface area (Å²) < 4.78 is 17.1. The van der Waals surface area contributed by atoms with Gasteiger partial charge in [-0.2, -0.15) is 0 Å². The first-order chi connectivity index (χ1) is 15.1. The normalized spacial score (nSPS) is 23.4. The summed E-state index contributed by atoms with van der Waals surface area (Å²) in [4.78, 5) is 6.27. The summed E-state index contributed by atoms with van der Waals surface area (Å²) in [6, 6.07) is 13.4. The van der Waals surface area contributed by atoms with Crippen molar-refractivity contribution in [3.63, 3.8) is 0 Å². The molecule has 3 aromatic rings. The Kier molecular flexibility index (Phi) is 5.40. The van der Waals surface area contributed by atoms with Gasteiger partial charge in [0, 0.05) is 36.5 Å². The summed E-state index contributed by atoms with van der Waals surface area (Å²) in [7, 11) is 5.20. The van der Waals surface area contributed by atoms with Crippen molar-refractivity contribution in [1.82, 2.24) is 9.88 Å². The smallest absolute Gasteiger partial charge is 0.161 e. The van der Waals surface area contributed by atoms with Gasteiger partial charge in [0.1, 0.15) is 0 Å². The fourth-order valence-corrected chi connectivity index (χ4v) is 5.77. The van der Waals surface area contributed by atoms with Crippen molar-refractivity contribution < 1.29 is 14.2 Å². The summed E-state index contributed by atoms with van der Waals surface area (Å²) in [5, 5.41) is 1.37. The number of fused-ring (bicyclic) bond motifs is 5. The maximum atomic E-state index is 6.15. The molecule has 3 unspecified atom stereocenters. The van der Waals surface area contributed by atoms with Crippen LogP contribution in [-0.4, -0.2) is 37.3 Å². The van der Waals surface area contributed by atoms with Crippen molar-refractivity contribution in [2.75, 3.05) is 21.3 Å². The van der Waals surface area contributed by atoms with Crippen LogP contribution in [0.3, 0.4) is 0 Å². The molecule has 5 heteroatoms. The van der Waals surface area contributed by atoms with Crippen molar-refractivity contribution >= 4 is 10.9 Å². The first kappa shape index (κ1) is 20.4. The Labute approximate surface area is 184 Å². The predicted molar refractivity (Wildman–Crippen MR) is 123 cm³/mol. The molecule has 0 radical (unpaired) electrons. The number of rotatable bonds is 5. The van der Waals surface area contributed by atoms with E-state index in [1.165, 1.54) is 59.0 Å². The van der Waals surface area contributed by atoms with E-state index in [1.54, 1.807) is 14.2 Å². The minimum absolute atomic E-state index is 0.0878. The van der Waals surface area contributed by atoms with Crippen molar-refractivity contribution in [1.29, 1.82) is 0 Å². The predicted octanol–water partition coefficient (Wildman–Crippen LogP) is 5.68. The first-order valence-corrected chi connectivity index (χ1v) is 11.3. The van der Waals surface area contributed by atoms with Crippen LogP contribution in [0.2, 0.25) is 0 Å². The van der Waals surface area contributed by atoms with Crippen molar-refractivity contribution in [3.05, 3.63) is 58.8 Å². The van der Waals surface area contributed by atoms with E-state index in [1.807, 2.05) is 13.2 Å². The van der Waals surface area contributed by atoms with Crippen LogP contribution in [0, 0.1) is 6.92 Å². The third kappa shape index (κ3) is 3.40. The number of hydrogen-bond donors (Lipinski definition) is 1. The van der Waals surface area contributed by atoms with Gasteiger partial charge >= 0.3 is 0 Å². The van der Waals surface area contributed by atoms with Crippen molar-refractivity contribution in [2.45, 2.75) is 57.3 Å². The molecule has 2 aromatic carbocycles. The molecule has 1 saturated carbocycles. The molecule has 0 saturated heterocycles. The lowest BCUT2D eigenvalue weighted by molar-refractivity contribution is -0.0890. The van der Waals surface area contributed by atoms with E-state index in [9.17, 15) is 0 Å². The molecule has 0 bridgehead atoms. The molecule has 31 heavy (non-hydrogen) atoms. The number of aryl methyl sites for hydroxylation is 1. The van der Waals surface area contributed by atoms with E-state index in [-0.39, 0.29) is 6.23 Å². The summed E-state index contributed by atoms with van der Waals surface area (Å²) in [5.74, 6) is 2.07. The summed E-state index contributed by atoms with van der Waals surface area (Å²) >= 11 is 0.